The van der Waals surface area contributed by atoms with Gasteiger partial charge in [-0.25, -0.2) is 27.2 Å². The van der Waals surface area contributed by atoms with Crippen molar-refractivity contribution in [2.24, 2.45) is 4.99 Å². The second-order valence-electron chi connectivity index (χ2n) is 5.07. The van der Waals surface area contributed by atoms with Gasteiger partial charge in [-0.15, -0.1) is 0 Å². The fourth-order valence-corrected chi connectivity index (χ4v) is 4.20. The summed E-state index contributed by atoms with van der Waals surface area (Å²) in [5, 5.41) is 8.98. The molecule has 138 valence electrons. The van der Waals surface area contributed by atoms with Crippen molar-refractivity contribution in [3.8, 4) is 0 Å². The summed E-state index contributed by atoms with van der Waals surface area (Å²) < 4.78 is 52.9. The number of nitro groups is 1. The van der Waals surface area contributed by atoms with Gasteiger partial charge >= 0.3 is 5.69 Å². The first kappa shape index (κ1) is 19.8. The molecular weight excluding hydrogens is 394 g/mol. The molecule has 8 nitrogen and oxygen atoms in total. The van der Waals surface area contributed by atoms with Crippen molar-refractivity contribution in [2.75, 3.05) is 6.54 Å². The van der Waals surface area contributed by atoms with Gasteiger partial charge in [0.1, 0.15) is 33.3 Å². The lowest BCUT2D eigenvalue weighted by molar-refractivity contribution is -0.386. The van der Waals surface area contributed by atoms with Crippen LogP contribution in [0.4, 0.5) is 14.5 Å². The Morgan fingerprint density at radius 2 is 2.04 bits per heavy atom. The standard InChI is InChI=1S/C14H11ClF2N4O4S/c1-7-19-12(13(21(22)23)14(15)20-7)11(6-18-2)26(24,25)10-4-3-8(16)5-9(10)17/h3-5,11H,2,6H2,1H3. The number of sulfone groups is 1. The molecule has 12 heteroatoms. The fourth-order valence-electron chi connectivity index (χ4n) is 2.25. The molecule has 0 aliphatic carbocycles. The number of rotatable bonds is 6. The molecule has 1 atom stereocenters. The first-order valence-electron chi connectivity index (χ1n) is 6.89. The van der Waals surface area contributed by atoms with Crippen molar-refractivity contribution in [3.05, 3.63) is 56.6 Å². The van der Waals surface area contributed by atoms with Crippen LogP contribution in [0.5, 0.6) is 0 Å². The Hall–Kier alpha value is -2.53. The Morgan fingerprint density at radius 3 is 2.58 bits per heavy atom. The van der Waals surface area contributed by atoms with Crippen molar-refractivity contribution < 1.29 is 22.1 Å². The summed E-state index contributed by atoms with van der Waals surface area (Å²) >= 11 is 5.76. The minimum Gasteiger partial charge on any atom is -0.299 e. The minimum absolute atomic E-state index is 0.0283. The second kappa shape index (κ2) is 7.38. The Labute approximate surface area is 151 Å². The van der Waals surface area contributed by atoms with Crippen LogP contribution in [-0.4, -0.2) is 36.6 Å². The molecule has 0 radical (unpaired) electrons. The van der Waals surface area contributed by atoms with Gasteiger partial charge in [-0.2, -0.15) is 0 Å². The molecule has 0 amide bonds. The highest BCUT2D eigenvalue weighted by Gasteiger charge is 2.39. The SMILES string of the molecule is C=NCC(c1nc(C)nc(Cl)c1[N+](=O)[O-])S(=O)(=O)c1ccc(F)cc1F. The molecule has 0 spiro atoms. The zero-order valence-electron chi connectivity index (χ0n) is 13.2. The average molecular weight is 405 g/mol. The summed E-state index contributed by atoms with van der Waals surface area (Å²) in [6, 6.07) is 1.86. The van der Waals surface area contributed by atoms with Crippen LogP contribution in [0.2, 0.25) is 5.15 Å². The van der Waals surface area contributed by atoms with E-state index in [-0.39, 0.29) is 5.82 Å². The van der Waals surface area contributed by atoms with Crippen molar-refractivity contribution in [1.82, 2.24) is 9.97 Å². The normalized spacial score (nSPS) is 12.6. The van der Waals surface area contributed by atoms with Crippen LogP contribution in [-0.2, 0) is 9.84 Å². The number of aliphatic imine (C=N–C) groups is 1. The zero-order chi connectivity index (χ0) is 19.6. The van der Waals surface area contributed by atoms with Crippen LogP contribution >= 0.6 is 11.6 Å². The monoisotopic (exact) mass is 404 g/mol. The van der Waals surface area contributed by atoms with E-state index in [1.54, 1.807) is 0 Å². The Kier molecular flexibility index (Phi) is 5.62. The van der Waals surface area contributed by atoms with E-state index in [0.29, 0.717) is 6.07 Å². The highest BCUT2D eigenvalue weighted by molar-refractivity contribution is 7.91. The maximum absolute atomic E-state index is 14.0. The number of aryl methyl sites for hydroxylation is 1. The van der Waals surface area contributed by atoms with Gasteiger partial charge in [0.2, 0.25) is 5.15 Å². The summed E-state index contributed by atoms with van der Waals surface area (Å²) in [5.41, 5.74) is -1.39. The molecule has 2 aromatic rings. The largest absolute Gasteiger partial charge is 0.329 e. The highest BCUT2D eigenvalue weighted by Crippen LogP contribution is 2.37. The molecular formula is C14H11ClF2N4O4S. The summed E-state index contributed by atoms with van der Waals surface area (Å²) in [6.07, 6.45) is 0. The van der Waals surface area contributed by atoms with Crippen molar-refractivity contribution in [1.29, 1.82) is 0 Å². The number of benzene rings is 1. The second-order valence-corrected chi connectivity index (χ2v) is 7.52. The number of halogens is 3. The highest BCUT2D eigenvalue weighted by atomic mass is 35.5. The third kappa shape index (κ3) is 3.68. The Bertz CT molecular complexity index is 1000. The van der Waals surface area contributed by atoms with E-state index in [9.17, 15) is 27.3 Å². The Balaban J connectivity index is 2.78. The predicted octanol–water partition coefficient (Wildman–Crippen LogP) is 2.84. The predicted molar refractivity (Wildman–Crippen MR) is 89.1 cm³/mol. The lowest BCUT2D eigenvalue weighted by Gasteiger charge is -2.16. The van der Waals surface area contributed by atoms with Crippen LogP contribution in [0.3, 0.4) is 0 Å². The number of nitrogens with zero attached hydrogens (tertiary/aromatic N) is 4. The summed E-state index contributed by atoms with van der Waals surface area (Å²) in [4.78, 5) is 20.4. The van der Waals surface area contributed by atoms with Crippen LogP contribution in [0, 0.1) is 28.7 Å². The van der Waals surface area contributed by atoms with Crippen molar-refractivity contribution in [2.45, 2.75) is 17.1 Å². The molecule has 0 aliphatic rings. The number of aromatic nitrogens is 2. The minimum atomic E-state index is -4.58. The first-order chi connectivity index (χ1) is 12.1. The molecule has 1 aromatic heterocycles. The van der Waals surface area contributed by atoms with E-state index < -0.39 is 59.6 Å². The number of hydrogen-bond acceptors (Lipinski definition) is 7. The molecule has 2 rings (SSSR count). The topological polar surface area (TPSA) is 115 Å². The third-order valence-electron chi connectivity index (χ3n) is 3.34. The van der Waals surface area contributed by atoms with Crippen LogP contribution in [0.1, 0.15) is 16.8 Å². The smallest absolute Gasteiger partial charge is 0.299 e. The molecule has 0 fully saturated rings. The average Bonchev–Trinajstić information content (AvgIpc) is 2.50. The van der Waals surface area contributed by atoms with Gasteiger partial charge < -0.3 is 0 Å². The third-order valence-corrected chi connectivity index (χ3v) is 5.67. The van der Waals surface area contributed by atoms with Gasteiger partial charge in [-0.1, -0.05) is 11.6 Å². The molecule has 0 aliphatic heterocycles. The maximum Gasteiger partial charge on any atom is 0.329 e. The lowest BCUT2D eigenvalue weighted by Crippen LogP contribution is -2.21. The van der Waals surface area contributed by atoms with Crippen LogP contribution in [0.15, 0.2) is 28.1 Å². The molecule has 0 bridgehead atoms. The molecule has 0 N–H and O–H groups in total. The van der Waals surface area contributed by atoms with E-state index in [4.69, 9.17) is 11.6 Å². The van der Waals surface area contributed by atoms with Crippen LogP contribution in [0.25, 0.3) is 0 Å². The molecule has 1 unspecified atom stereocenters. The van der Waals surface area contributed by atoms with Crippen molar-refractivity contribution >= 4 is 33.8 Å². The lowest BCUT2D eigenvalue weighted by atomic mass is 10.2. The molecule has 1 aromatic carbocycles. The van der Waals surface area contributed by atoms with Crippen LogP contribution < -0.4 is 0 Å². The van der Waals surface area contributed by atoms with E-state index >= 15 is 0 Å². The first-order valence-corrected chi connectivity index (χ1v) is 8.81. The van der Waals surface area contributed by atoms with E-state index in [1.807, 2.05) is 0 Å². The van der Waals surface area contributed by atoms with Crippen molar-refractivity contribution in [3.63, 3.8) is 0 Å². The maximum atomic E-state index is 14.0. The zero-order valence-corrected chi connectivity index (χ0v) is 14.8. The molecule has 1 heterocycles. The van der Waals surface area contributed by atoms with Gasteiger partial charge in [0.15, 0.2) is 9.84 Å². The molecule has 0 saturated heterocycles. The van der Waals surface area contributed by atoms with Gasteiger partial charge in [0.05, 0.1) is 11.5 Å². The summed E-state index contributed by atoms with van der Waals surface area (Å²) in [7, 11) is -4.58. The molecule has 0 saturated carbocycles. The number of hydrogen-bond donors (Lipinski definition) is 0. The van der Waals surface area contributed by atoms with E-state index in [0.717, 1.165) is 12.1 Å². The fraction of sp³-hybridized carbons (Fsp3) is 0.214. The summed E-state index contributed by atoms with van der Waals surface area (Å²) in [6.45, 7) is 3.96. The summed E-state index contributed by atoms with van der Waals surface area (Å²) in [5.74, 6) is -2.36. The van der Waals surface area contributed by atoms with E-state index in [1.165, 1.54) is 6.92 Å². The van der Waals surface area contributed by atoms with Gasteiger partial charge in [0.25, 0.3) is 0 Å². The quantitative estimate of drug-likeness (QED) is 0.240. The van der Waals surface area contributed by atoms with Gasteiger partial charge in [-0.05, 0) is 25.8 Å². The van der Waals surface area contributed by atoms with Gasteiger partial charge in [0, 0.05) is 6.07 Å². The Morgan fingerprint density at radius 1 is 1.38 bits per heavy atom. The molecule has 26 heavy (non-hydrogen) atoms. The van der Waals surface area contributed by atoms with E-state index in [2.05, 4.69) is 21.7 Å². The van der Waals surface area contributed by atoms with Gasteiger partial charge in [-0.3, -0.25) is 15.1 Å².